The van der Waals surface area contributed by atoms with Crippen molar-refractivity contribution in [2.24, 2.45) is 0 Å². The van der Waals surface area contributed by atoms with Crippen LogP contribution in [0.5, 0.6) is 5.75 Å². The first kappa shape index (κ1) is 9.89. The lowest BCUT2D eigenvalue weighted by atomic mass is 10.1. The molecule has 0 unspecified atom stereocenters. The highest BCUT2D eigenvalue weighted by atomic mass is 19.1. The quantitative estimate of drug-likeness (QED) is 0.783. The van der Waals surface area contributed by atoms with Gasteiger partial charge in [-0.05, 0) is 25.0 Å². The van der Waals surface area contributed by atoms with Crippen LogP contribution in [0.15, 0.2) is 12.1 Å². The van der Waals surface area contributed by atoms with Crippen molar-refractivity contribution in [2.45, 2.75) is 18.9 Å². The van der Waals surface area contributed by atoms with E-state index in [1.165, 1.54) is 0 Å². The first-order valence-corrected chi connectivity index (χ1v) is 4.57. The summed E-state index contributed by atoms with van der Waals surface area (Å²) in [7, 11) is 0. The number of hydrogen-bond donors (Lipinski definition) is 2. The van der Waals surface area contributed by atoms with Crippen LogP contribution in [0.2, 0.25) is 0 Å². The van der Waals surface area contributed by atoms with E-state index in [9.17, 15) is 13.6 Å². The molecule has 0 bridgehead atoms. The van der Waals surface area contributed by atoms with Crippen molar-refractivity contribution in [1.82, 2.24) is 5.32 Å². The van der Waals surface area contributed by atoms with Gasteiger partial charge in [0.25, 0.3) is 5.91 Å². The summed E-state index contributed by atoms with van der Waals surface area (Å²) in [6, 6.07) is 1.75. The third-order valence-electron chi connectivity index (χ3n) is 2.21. The van der Waals surface area contributed by atoms with Gasteiger partial charge in [0.15, 0.2) is 11.6 Å². The molecule has 1 aliphatic rings. The minimum atomic E-state index is -1.21. The van der Waals surface area contributed by atoms with Gasteiger partial charge in [0.2, 0.25) is 0 Å². The van der Waals surface area contributed by atoms with Crippen LogP contribution in [0.25, 0.3) is 0 Å². The molecule has 0 saturated heterocycles. The van der Waals surface area contributed by atoms with Gasteiger partial charge in [-0.15, -0.1) is 0 Å². The molecule has 0 radical (unpaired) electrons. The predicted molar refractivity (Wildman–Crippen MR) is 48.5 cm³/mol. The van der Waals surface area contributed by atoms with Gasteiger partial charge in [0.1, 0.15) is 11.4 Å². The van der Waals surface area contributed by atoms with E-state index < -0.39 is 28.9 Å². The third kappa shape index (κ3) is 1.91. The van der Waals surface area contributed by atoms with Crippen LogP contribution in [0.1, 0.15) is 23.2 Å². The molecule has 15 heavy (non-hydrogen) atoms. The van der Waals surface area contributed by atoms with Crippen molar-refractivity contribution >= 4 is 5.91 Å². The lowest BCUT2D eigenvalue weighted by Crippen LogP contribution is -2.27. The van der Waals surface area contributed by atoms with Gasteiger partial charge in [-0.3, -0.25) is 4.79 Å². The number of amides is 1. The molecule has 0 spiro atoms. The van der Waals surface area contributed by atoms with Crippen LogP contribution in [-0.2, 0) is 0 Å². The van der Waals surface area contributed by atoms with E-state index in [4.69, 9.17) is 5.11 Å². The number of rotatable bonds is 2. The summed E-state index contributed by atoms with van der Waals surface area (Å²) in [5.41, 5.74) is -0.720. The highest BCUT2D eigenvalue weighted by molar-refractivity contribution is 5.95. The molecule has 80 valence electrons. The first-order valence-electron chi connectivity index (χ1n) is 4.57. The Hall–Kier alpha value is -1.65. The van der Waals surface area contributed by atoms with Gasteiger partial charge in [0, 0.05) is 6.04 Å². The van der Waals surface area contributed by atoms with Crippen molar-refractivity contribution in [3.8, 4) is 5.75 Å². The smallest absolute Gasteiger partial charge is 0.257 e. The van der Waals surface area contributed by atoms with E-state index in [0.717, 1.165) is 25.0 Å². The molecular weight excluding hydrogens is 204 g/mol. The first-order chi connectivity index (χ1) is 7.09. The molecule has 2 rings (SSSR count). The van der Waals surface area contributed by atoms with Crippen molar-refractivity contribution < 1.29 is 18.7 Å². The summed E-state index contributed by atoms with van der Waals surface area (Å²) < 4.78 is 26.4. The molecule has 1 aromatic carbocycles. The molecule has 3 nitrogen and oxygen atoms in total. The topological polar surface area (TPSA) is 49.3 Å². The number of phenolic OH excluding ortho intramolecular Hbond substituents is 1. The zero-order valence-electron chi connectivity index (χ0n) is 7.76. The van der Waals surface area contributed by atoms with Crippen molar-refractivity contribution in [3.05, 3.63) is 29.3 Å². The molecule has 0 atom stereocenters. The molecule has 5 heteroatoms. The average molecular weight is 213 g/mol. The summed E-state index contributed by atoms with van der Waals surface area (Å²) >= 11 is 0. The number of carbonyl (C=O) groups excluding carboxylic acids is 1. The van der Waals surface area contributed by atoms with Crippen LogP contribution < -0.4 is 5.32 Å². The zero-order valence-corrected chi connectivity index (χ0v) is 7.76. The highest BCUT2D eigenvalue weighted by Crippen LogP contribution is 2.24. The molecule has 0 heterocycles. The van der Waals surface area contributed by atoms with Crippen LogP contribution in [0, 0.1) is 11.6 Å². The van der Waals surface area contributed by atoms with Crippen LogP contribution in [0.4, 0.5) is 8.78 Å². The maximum atomic E-state index is 13.2. The maximum Gasteiger partial charge on any atom is 0.257 e. The van der Waals surface area contributed by atoms with Gasteiger partial charge < -0.3 is 10.4 Å². The molecule has 1 fully saturated rings. The number of phenols is 1. The number of benzene rings is 1. The van der Waals surface area contributed by atoms with Crippen molar-refractivity contribution in [1.29, 1.82) is 0 Å². The number of nitrogens with one attached hydrogen (secondary N) is 1. The highest BCUT2D eigenvalue weighted by Gasteiger charge is 2.27. The van der Waals surface area contributed by atoms with Crippen LogP contribution in [0.3, 0.4) is 0 Å². The molecule has 1 saturated carbocycles. The molecule has 0 aromatic heterocycles. The summed E-state index contributed by atoms with van der Waals surface area (Å²) in [6.45, 7) is 0. The number of hydrogen-bond acceptors (Lipinski definition) is 2. The second-order valence-corrected chi connectivity index (χ2v) is 3.50. The fraction of sp³-hybridized carbons (Fsp3) is 0.300. The molecular formula is C10H9F2NO2. The van der Waals surface area contributed by atoms with Crippen LogP contribution in [-0.4, -0.2) is 17.1 Å². The lowest BCUT2D eigenvalue weighted by molar-refractivity contribution is 0.0941. The van der Waals surface area contributed by atoms with E-state index in [-0.39, 0.29) is 6.04 Å². The monoisotopic (exact) mass is 213 g/mol. The largest absolute Gasteiger partial charge is 0.505 e. The van der Waals surface area contributed by atoms with Gasteiger partial charge >= 0.3 is 0 Å². The Morgan fingerprint density at radius 3 is 2.67 bits per heavy atom. The summed E-state index contributed by atoms with van der Waals surface area (Å²) in [5.74, 6) is -3.72. The maximum absolute atomic E-state index is 13.2. The second kappa shape index (κ2) is 3.49. The summed E-state index contributed by atoms with van der Waals surface area (Å²) in [5, 5.41) is 11.5. The molecule has 1 aromatic rings. The Morgan fingerprint density at radius 1 is 1.40 bits per heavy atom. The van der Waals surface area contributed by atoms with E-state index in [1.54, 1.807) is 0 Å². The average Bonchev–Trinajstić information content (AvgIpc) is 2.96. The second-order valence-electron chi connectivity index (χ2n) is 3.50. The van der Waals surface area contributed by atoms with E-state index in [1.807, 2.05) is 0 Å². The van der Waals surface area contributed by atoms with Crippen molar-refractivity contribution in [2.75, 3.05) is 0 Å². The van der Waals surface area contributed by atoms with E-state index >= 15 is 0 Å². The lowest BCUT2D eigenvalue weighted by Gasteiger charge is -2.06. The Kier molecular flexibility index (Phi) is 2.30. The molecule has 2 N–H and O–H groups in total. The number of aromatic hydroxyl groups is 1. The Bertz CT molecular complexity index is 416. The van der Waals surface area contributed by atoms with Gasteiger partial charge in [-0.25, -0.2) is 8.78 Å². The zero-order chi connectivity index (χ0) is 11.0. The fourth-order valence-corrected chi connectivity index (χ4v) is 1.23. The Balaban J connectivity index is 2.32. The normalized spacial score (nSPS) is 15.1. The molecule has 0 aliphatic heterocycles. The predicted octanol–water partition coefficient (Wildman–Crippen LogP) is 1.56. The minimum Gasteiger partial charge on any atom is -0.505 e. The molecule has 1 amide bonds. The summed E-state index contributed by atoms with van der Waals surface area (Å²) in [6.07, 6.45) is 1.65. The third-order valence-corrected chi connectivity index (χ3v) is 2.21. The van der Waals surface area contributed by atoms with Gasteiger partial charge in [-0.2, -0.15) is 0 Å². The molecule has 1 aliphatic carbocycles. The standard InChI is InChI=1S/C10H9F2NO2/c11-6-3-4-7(14)9(12)8(6)10(15)13-5-1-2-5/h3-5,14H,1-2H2,(H,13,15). The van der Waals surface area contributed by atoms with E-state index in [2.05, 4.69) is 5.32 Å². The van der Waals surface area contributed by atoms with Crippen molar-refractivity contribution in [3.63, 3.8) is 0 Å². The summed E-state index contributed by atoms with van der Waals surface area (Å²) in [4.78, 5) is 11.4. The van der Waals surface area contributed by atoms with Gasteiger partial charge in [0.05, 0.1) is 0 Å². The SMILES string of the molecule is O=C(NC1CC1)c1c(F)ccc(O)c1F. The number of halogens is 2. The van der Waals surface area contributed by atoms with Crippen LogP contribution >= 0.6 is 0 Å². The van der Waals surface area contributed by atoms with E-state index in [0.29, 0.717) is 0 Å². The fourth-order valence-electron chi connectivity index (χ4n) is 1.23. The Labute approximate surface area is 84.7 Å². The minimum absolute atomic E-state index is 0.0126. The number of carbonyl (C=O) groups is 1. The Morgan fingerprint density at radius 2 is 2.07 bits per heavy atom. The van der Waals surface area contributed by atoms with Gasteiger partial charge in [-0.1, -0.05) is 0 Å².